The van der Waals surface area contributed by atoms with Gasteiger partial charge in [-0.25, -0.2) is 4.79 Å². The first-order valence-electron chi connectivity index (χ1n) is 11.1. The van der Waals surface area contributed by atoms with E-state index in [2.05, 4.69) is 21.3 Å². The molecule has 0 aliphatic carbocycles. The maximum absolute atomic E-state index is 13.3. The number of rotatable bonds is 7. The Labute approximate surface area is 201 Å². The van der Waals surface area contributed by atoms with E-state index in [-0.39, 0.29) is 12.3 Å². The first-order valence-corrected chi connectivity index (χ1v) is 12.0. The average Bonchev–Trinajstić information content (AvgIpc) is 3.57. The Kier molecular flexibility index (Phi) is 5.40. The molecule has 174 valence electrons. The molecule has 8 heteroatoms. The summed E-state index contributed by atoms with van der Waals surface area (Å²) in [5.74, 6) is -0.432. The number of carbonyl (C=O) groups excluding carboxylic acids is 3. The van der Waals surface area contributed by atoms with Crippen LogP contribution in [0.3, 0.4) is 0 Å². The first-order chi connectivity index (χ1) is 16.3. The molecule has 1 unspecified atom stereocenters. The number of hydrogen-bond acceptors (Lipinski definition) is 5. The van der Waals surface area contributed by atoms with Crippen molar-refractivity contribution in [3.05, 3.63) is 81.5 Å². The van der Waals surface area contributed by atoms with Crippen LogP contribution in [0.4, 0.5) is 4.79 Å². The minimum atomic E-state index is -1.37. The van der Waals surface area contributed by atoms with Gasteiger partial charge < -0.3 is 14.3 Å². The van der Waals surface area contributed by atoms with Crippen molar-refractivity contribution in [1.82, 2.24) is 14.8 Å². The maximum Gasteiger partial charge on any atom is 0.325 e. The molecule has 5 rings (SSSR count). The largest absolute Gasteiger partial charge is 0.458 e. The number of urea groups is 1. The molecule has 0 radical (unpaired) electrons. The second-order valence-electron chi connectivity index (χ2n) is 8.78. The molecule has 0 saturated carbocycles. The number of imide groups is 1. The van der Waals surface area contributed by atoms with Gasteiger partial charge in [-0.15, -0.1) is 11.3 Å². The molecule has 1 N–H and O–H groups in total. The molecule has 3 amide bonds. The molecule has 1 atom stereocenters. The number of Topliss-reactive ketones (excluding diaryl/α,β-unsaturated/α-hetero) is 1. The number of thiophene rings is 1. The fraction of sp³-hybridized carbons (Fsp3) is 0.269. The Morgan fingerprint density at radius 1 is 1.12 bits per heavy atom. The average molecular weight is 476 g/mol. The van der Waals surface area contributed by atoms with Crippen LogP contribution in [0, 0.1) is 13.8 Å². The SMILES string of the molecule is Cc1cc(C(=O)CN2C(=O)NC(C)(c3cc4ccccc4o3)C2=O)c(C)n1CCc1cccs1. The normalized spacial score (nSPS) is 18.1. The van der Waals surface area contributed by atoms with Gasteiger partial charge in [-0.1, -0.05) is 24.3 Å². The number of furan rings is 1. The second kappa shape index (κ2) is 8.29. The van der Waals surface area contributed by atoms with Gasteiger partial charge >= 0.3 is 6.03 Å². The van der Waals surface area contributed by atoms with Gasteiger partial charge in [-0.2, -0.15) is 0 Å². The Bertz CT molecular complexity index is 1380. The predicted molar refractivity (Wildman–Crippen MR) is 130 cm³/mol. The molecule has 1 aliphatic rings. The molecule has 4 heterocycles. The van der Waals surface area contributed by atoms with Crippen molar-refractivity contribution in [3.63, 3.8) is 0 Å². The van der Waals surface area contributed by atoms with Crippen LogP contribution in [0.25, 0.3) is 11.0 Å². The number of benzene rings is 1. The third-order valence-corrected chi connectivity index (χ3v) is 7.47. The highest BCUT2D eigenvalue weighted by atomic mass is 32.1. The summed E-state index contributed by atoms with van der Waals surface area (Å²) in [5, 5.41) is 5.61. The summed E-state index contributed by atoms with van der Waals surface area (Å²) in [6.45, 7) is 5.91. The number of para-hydroxylation sites is 1. The highest BCUT2D eigenvalue weighted by Gasteiger charge is 2.51. The van der Waals surface area contributed by atoms with Crippen LogP contribution in [0.2, 0.25) is 0 Å². The third-order valence-electron chi connectivity index (χ3n) is 6.53. The van der Waals surface area contributed by atoms with E-state index in [1.54, 1.807) is 30.4 Å². The van der Waals surface area contributed by atoms with Crippen LogP contribution >= 0.6 is 11.3 Å². The molecule has 7 nitrogen and oxygen atoms in total. The van der Waals surface area contributed by atoms with Crippen LogP contribution in [-0.2, 0) is 23.3 Å². The molecule has 3 aromatic heterocycles. The van der Waals surface area contributed by atoms with Crippen LogP contribution in [-0.4, -0.2) is 33.7 Å². The summed E-state index contributed by atoms with van der Waals surface area (Å²) >= 11 is 1.71. The lowest BCUT2D eigenvalue weighted by atomic mass is 9.98. The van der Waals surface area contributed by atoms with E-state index < -0.39 is 17.5 Å². The van der Waals surface area contributed by atoms with Gasteiger partial charge in [0.15, 0.2) is 11.3 Å². The molecule has 0 spiro atoms. The number of aryl methyl sites for hydroxylation is 2. The summed E-state index contributed by atoms with van der Waals surface area (Å²) in [7, 11) is 0. The zero-order chi connectivity index (χ0) is 24.0. The van der Waals surface area contributed by atoms with Crippen molar-refractivity contribution >= 4 is 40.0 Å². The zero-order valence-electron chi connectivity index (χ0n) is 19.3. The Balaban J connectivity index is 1.35. The van der Waals surface area contributed by atoms with E-state index in [0.29, 0.717) is 16.9 Å². The van der Waals surface area contributed by atoms with Gasteiger partial charge in [-0.3, -0.25) is 14.5 Å². The summed E-state index contributed by atoms with van der Waals surface area (Å²) in [4.78, 5) is 41.5. The summed E-state index contributed by atoms with van der Waals surface area (Å²) in [5.41, 5.74) is 1.60. The highest BCUT2D eigenvalue weighted by molar-refractivity contribution is 7.09. The van der Waals surface area contributed by atoms with Gasteiger partial charge in [0.05, 0.1) is 6.54 Å². The predicted octanol–water partition coefficient (Wildman–Crippen LogP) is 4.81. The van der Waals surface area contributed by atoms with Crippen LogP contribution in [0.15, 0.2) is 58.3 Å². The molecule has 34 heavy (non-hydrogen) atoms. The van der Waals surface area contributed by atoms with Crippen molar-refractivity contribution in [2.24, 2.45) is 0 Å². The quantitative estimate of drug-likeness (QED) is 0.307. The first kappa shape index (κ1) is 22.2. The molecule has 1 aromatic carbocycles. The minimum absolute atomic E-state index is 0.271. The lowest BCUT2D eigenvalue weighted by Crippen LogP contribution is -2.41. The monoisotopic (exact) mass is 475 g/mol. The second-order valence-corrected chi connectivity index (χ2v) is 9.82. The number of fused-ring (bicyclic) bond motifs is 1. The number of aromatic nitrogens is 1. The van der Waals surface area contributed by atoms with Crippen molar-refractivity contribution in [1.29, 1.82) is 0 Å². The molecular weight excluding hydrogens is 450 g/mol. The molecule has 1 fully saturated rings. The van der Waals surface area contributed by atoms with Crippen LogP contribution < -0.4 is 5.32 Å². The summed E-state index contributed by atoms with van der Waals surface area (Å²) in [6, 6.07) is 14.5. The molecule has 4 aromatic rings. The van der Waals surface area contributed by atoms with E-state index in [1.807, 2.05) is 44.2 Å². The summed E-state index contributed by atoms with van der Waals surface area (Å²) < 4.78 is 7.97. The molecule has 1 aliphatic heterocycles. The third kappa shape index (κ3) is 3.64. The van der Waals surface area contributed by atoms with Gasteiger partial charge in [0.2, 0.25) is 0 Å². The lowest BCUT2D eigenvalue weighted by molar-refractivity contribution is -0.131. The van der Waals surface area contributed by atoms with Crippen molar-refractivity contribution in [3.8, 4) is 0 Å². The van der Waals surface area contributed by atoms with Gasteiger partial charge in [0.25, 0.3) is 5.91 Å². The van der Waals surface area contributed by atoms with Gasteiger partial charge in [-0.05, 0) is 56.8 Å². The minimum Gasteiger partial charge on any atom is -0.458 e. The number of amides is 3. The van der Waals surface area contributed by atoms with Crippen LogP contribution in [0.1, 0.15) is 39.3 Å². The smallest absolute Gasteiger partial charge is 0.325 e. The van der Waals surface area contributed by atoms with E-state index in [4.69, 9.17) is 4.42 Å². The molecule has 0 bridgehead atoms. The fourth-order valence-electron chi connectivity index (χ4n) is 4.57. The Morgan fingerprint density at radius 2 is 1.91 bits per heavy atom. The topological polar surface area (TPSA) is 84.6 Å². The number of carbonyl (C=O) groups is 3. The maximum atomic E-state index is 13.3. The van der Waals surface area contributed by atoms with E-state index in [0.717, 1.165) is 34.6 Å². The van der Waals surface area contributed by atoms with Crippen molar-refractivity contribution in [2.45, 2.75) is 39.3 Å². The molecule has 1 saturated heterocycles. The van der Waals surface area contributed by atoms with Crippen molar-refractivity contribution in [2.75, 3.05) is 6.54 Å². The Morgan fingerprint density at radius 3 is 2.65 bits per heavy atom. The number of nitrogens with one attached hydrogen (secondary N) is 1. The van der Waals surface area contributed by atoms with E-state index in [9.17, 15) is 14.4 Å². The zero-order valence-corrected chi connectivity index (χ0v) is 20.1. The standard InChI is InChI=1S/C26H25N3O4S/c1-16-13-20(17(2)28(16)11-10-19-8-6-12-34-19)21(30)15-29-24(31)26(3,27-25(29)32)23-14-18-7-4-5-9-22(18)33-23/h4-9,12-14H,10-11,15H2,1-3H3,(H,27,32). The van der Waals surface area contributed by atoms with E-state index >= 15 is 0 Å². The lowest BCUT2D eigenvalue weighted by Gasteiger charge is -2.18. The van der Waals surface area contributed by atoms with E-state index in [1.165, 1.54) is 4.88 Å². The van der Waals surface area contributed by atoms with Crippen molar-refractivity contribution < 1.29 is 18.8 Å². The van der Waals surface area contributed by atoms with Crippen LogP contribution in [0.5, 0.6) is 0 Å². The summed E-state index contributed by atoms with van der Waals surface area (Å²) in [6.07, 6.45) is 0.879. The molecular formula is C26H25N3O4S. The Hall–Kier alpha value is -3.65. The fourth-order valence-corrected chi connectivity index (χ4v) is 5.27. The number of ketones is 1. The van der Waals surface area contributed by atoms with Gasteiger partial charge in [0.1, 0.15) is 11.3 Å². The highest BCUT2D eigenvalue weighted by Crippen LogP contribution is 2.33. The number of hydrogen-bond donors (Lipinski definition) is 1. The number of nitrogens with zero attached hydrogens (tertiary/aromatic N) is 2. The van der Waals surface area contributed by atoms with Gasteiger partial charge in [0, 0.05) is 33.8 Å².